The van der Waals surface area contributed by atoms with Gasteiger partial charge in [-0.3, -0.25) is 4.79 Å². The van der Waals surface area contributed by atoms with Gasteiger partial charge in [-0.2, -0.15) is 0 Å². The average Bonchev–Trinajstić information content (AvgIpc) is 2.89. The number of benzene rings is 1. The third-order valence-electron chi connectivity index (χ3n) is 3.71. The van der Waals surface area contributed by atoms with Crippen LogP contribution in [0.4, 0.5) is 5.69 Å². The van der Waals surface area contributed by atoms with Gasteiger partial charge in [0, 0.05) is 31.4 Å². The first-order valence-corrected chi connectivity index (χ1v) is 6.92. The summed E-state index contributed by atoms with van der Waals surface area (Å²) in [6.45, 7) is 4.54. The lowest BCUT2D eigenvalue weighted by Gasteiger charge is -2.21. The van der Waals surface area contributed by atoms with Gasteiger partial charge in [0.25, 0.3) is 5.91 Å². The highest BCUT2D eigenvalue weighted by atomic mass is 16.2. The first-order chi connectivity index (χ1) is 9.13. The number of hydrogen-bond acceptors (Lipinski definition) is 3. The van der Waals surface area contributed by atoms with E-state index in [-0.39, 0.29) is 5.91 Å². The molecule has 0 radical (unpaired) electrons. The molecule has 1 heterocycles. The van der Waals surface area contributed by atoms with Gasteiger partial charge < -0.3 is 15.1 Å². The molecule has 1 aromatic rings. The van der Waals surface area contributed by atoms with Crippen LogP contribution in [0.15, 0.2) is 24.3 Å². The molecule has 2 rings (SSSR count). The molecule has 1 atom stereocenters. The van der Waals surface area contributed by atoms with Crippen molar-refractivity contribution in [2.45, 2.75) is 19.4 Å². The zero-order valence-corrected chi connectivity index (χ0v) is 12.0. The largest absolute Gasteiger partial charge is 0.385 e. The summed E-state index contributed by atoms with van der Waals surface area (Å²) in [5.74, 6) is 0.140. The van der Waals surface area contributed by atoms with Crippen LogP contribution in [0.3, 0.4) is 0 Å². The molecule has 4 nitrogen and oxygen atoms in total. The van der Waals surface area contributed by atoms with E-state index in [4.69, 9.17) is 0 Å². The van der Waals surface area contributed by atoms with Crippen molar-refractivity contribution in [2.24, 2.45) is 0 Å². The molecular weight excluding hydrogens is 238 g/mol. The van der Waals surface area contributed by atoms with Crippen molar-refractivity contribution in [3.05, 3.63) is 29.8 Å². The van der Waals surface area contributed by atoms with Crippen molar-refractivity contribution in [1.29, 1.82) is 0 Å². The zero-order valence-electron chi connectivity index (χ0n) is 12.0. The van der Waals surface area contributed by atoms with E-state index in [0.29, 0.717) is 6.04 Å². The molecular formula is C15H23N3O. The van der Waals surface area contributed by atoms with Crippen LogP contribution in [-0.2, 0) is 0 Å². The molecule has 0 aromatic heterocycles. The van der Waals surface area contributed by atoms with Crippen molar-refractivity contribution in [3.63, 3.8) is 0 Å². The minimum absolute atomic E-state index is 0.140. The number of nitrogens with zero attached hydrogens (tertiary/aromatic N) is 2. The van der Waals surface area contributed by atoms with Crippen molar-refractivity contribution in [1.82, 2.24) is 9.80 Å². The van der Waals surface area contributed by atoms with Crippen LogP contribution < -0.4 is 5.32 Å². The monoisotopic (exact) mass is 261 g/mol. The Morgan fingerprint density at radius 3 is 2.79 bits per heavy atom. The number of likely N-dealkylation sites (tertiary alicyclic amines) is 1. The second kappa shape index (κ2) is 6.06. The Kier molecular flexibility index (Phi) is 4.43. The van der Waals surface area contributed by atoms with Crippen LogP contribution in [0.1, 0.15) is 23.7 Å². The van der Waals surface area contributed by atoms with E-state index in [9.17, 15) is 4.79 Å². The van der Waals surface area contributed by atoms with Crippen molar-refractivity contribution in [3.8, 4) is 0 Å². The van der Waals surface area contributed by atoms with Crippen LogP contribution in [0.2, 0.25) is 0 Å². The van der Waals surface area contributed by atoms with Gasteiger partial charge in [-0.15, -0.1) is 0 Å². The highest BCUT2D eigenvalue weighted by Gasteiger charge is 2.28. The van der Waals surface area contributed by atoms with E-state index < -0.39 is 0 Å². The molecule has 1 unspecified atom stereocenters. The summed E-state index contributed by atoms with van der Waals surface area (Å²) in [7, 11) is 4.15. The average molecular weight is 261 g/mol. The Bertz CT molecular complexity index is 445. The minimum Gasteiger partial charge on any atom is -0.385 e. The summed E-state index contributed by atoms with van der Waals surface area (Å²) in [6, 6.07) is 8.24. The summed E-state index contributed by atoms with van der Waals surface area (Å²) in [6.07, 6.45) is 1.06. The van der Waals surface area contributed by atoms with Crippen LogP contribution in [-0.4, -0.2) is 55.5 Å². The van der Waals surface area contributed by atoms with Crippen LogP contribution in [0.5, 0.6) is 0 Å². The molecule has 1 aliphatic rings. The molecule has 0 bridgehead atoms. The summed E-state index contributed by atoms with van der Waals surface area (Å²) < 4.78 is 0. The number of nitrogens with one attached hydrogen (secondary N) is 1. The van der Waals surface area contributed by atoms with Gasteiger partial charge in [-0.25, -0.2) is 0 Å². The Labute approximate surface area is 115 Å². The molecule has 1 saturated heterocycles. The summed E-state index contributed by atoms with van der Waals surface area (Å²) in [4.78, 5) is 16.7. The van der Waals surface area contributed by atoms with Gasteiger partial charge in [-0.1, -0.05) is 12.1 Å². The number of likely N-dealkylation sites (N-methyl/N-ethyl adjacent to an activating group) is 1. The van der Waals surface area contributed by atoms with Gasteiger partial charge in [-0.05, 0) is 39.6 Å². The van der Waals surface area contributed by atoms with E-state index in [0.717, 1.165) is 37.3 Å². The SMILES string of the molecule is CCNc1ccccc1C(=O)N1CCC(N(C)C)C1. The molecule has 4 heteroatoms. The summed E-state index contributed by atoms with van der Waals surface area (Å²) in [5.41, 5.74) is 1.71. The Morgan fingerprint density at radius 2 is 2.16 bits per heavy atom. The predicted molar refractivity (Wildman–Crippen MR) is 78.6 cm³/mol. The van der Waals surface area contributed by atoms with Gasteiger partial charge in [0.1, 0.15) is 0 Å². The van der Waals surface area contributed by atoms with E-state index >= 15 is 0 Å². The fourth-order valence-corrected chi connectivity index (χ4v) is 2.53. The van der Waals surface area contributed by atoms with Gasteiger partial charge in [0.05, 0.1) is 5.56 Å². The number of amides is 1. The van der Waals surface area contributed by atoms with Crippen molar-refractivity contribution < 1.29 is 4.79 Å². The predicted octanol–water partition coefficient (Wildman–Crippen LogP) is 1.89. The highest BCUT2D eigenvalue weighted by Crippen LogP contribution is 2.21. The third-order valence-corrected chi connectivity index (χ3v) is 3.71. The van der Waals surface area contributed by atoms with Gasteiger partial charge in [0.2, 0.25) is 0 Å². The standard InChI is InChI=1S/C15H23N3O/c1-4-16-14-8-6-5-7-13(14)15(19)18-10-9-12(11-18)17(2)3/h5-8,12,16H,4,9-11H2,1-3H3. The second-order valence-corrected chi connectivity index (χ2v) is 5.23. The normalized spacial score (nSPS) is 18.9. The molecule has 19 heavy (non-hydrogen) atoms. The molecule has 0 spiro atoms. The summed E-state index contributed by atoms with van der Waals surface area (Å²) in [5, 5.41) is 3.26. The number of hydrogen-bond donors (Lipinski definition) is 1. The van der Waals surface area contributed by atoms with E-state index in [1.165, 1.54) is 0 Å². The third kappa shape index (κ3) is 3.07. The first kappa shape index (κ1) is 13.9. The number of carbonyl (C=O) groups is 1. The Balaban J connectivity index is 2.12. The van der Waals surface area contributed by atoms with Crippen LogP contribution >= 0.6 is 0 Å². The maximum Gasteiger partial charge on any atom is 0.256 e. The molecule has 0 saturated carbocycles. The summed E-state index contributed by atoms with van der Waals surface area (Å²) >= 11 is 0. The fraction of sp³-hybridized carbons (Fsp3) is 0.533. The Hall–Kier alpha value is -1.55. The first-order valence-electron chi connectivity index (χ1n) is 6.92. The van der Waals surface area contributed by atoms with Gasteiger partial charge in [0.15, 0.2) is 0 Å². The fourth-order valence-electron chi connectivity index (χ4n) is 2.53. The quantitative estimate of drug-likeness (QED) is 0.899. The Morgan fingerprint density at radius 1 is 1.42 bits per heavy atom. The van der Waals surface area contributed by atoms with Crippen molar-refractivity contribution in [2.75, 3.05) is 39.0 Å². The van der Waals surface area contributed by atoms with E-state index in [2.05, 4.69) is 24.3 Å². The number of anilines is 1. The van der Waals surface area contributed by atoms with E-state index in [1.807, 2.05) is 36.1 Å². The van der Waals surface area contributed by atoms with Crippen LogP contribution in [0, 0.1) is 0 Å². The maximum atomic E-state index is 12.6. The second-order valence-electron chi connectivity index (χ2n) is 5.23. The van der Waals surface area contributed by atoms with E-state index in [1.54, 1.807) is 0 Å². The van der Waals surface area contributed by atoms with Crippen molar-refractivity contribution >= 4 is 11.6 Å². The number of rotatable bonds is 4. The molecule has 1 amide bonds. The molecule has 1 N–H and O–H groups in total. The lowest BCUT2D eigenvalue weighted by Crippen LogP contribution is -2.34. The molecule has 1 aliphatic heterocycles. The molecule has 104 valence electrons. The number of carbonyl (C=O) groups excluding carboxylic acids is 1. The lowest BCUT2D eigenvalue weighted by atomic mass is 10.1. The molecule has 0 aliphatic carbocycles. The maximum absolute atomic E-state index is 12.6. The van der Waals surface area contributed by atoms with Gasteiger partial charge >= 0.3 is 0 Å². The number of para-hydroxylation sites is 1. The zero-order chi connectivity index (χ0) is 13.8. The minimum atomic E-state index is 0.140. The molecule has 1 aromatic carbocycles. The smallest absolute Gasteiger partial charge is 0.256 e. The lowest BCUT2D eigenvalue weighted by molar-refractivity contribution is 0.0784. The topological polar surface area (TPSA) is 35.6 Å². The van der Waals surface area contributed by atoms with Crippen LogP contribution in [0.25, 0.3) is 0 Å². The molecule has 1 fully saturated rings. The highest BCUT2D eigenvalue weighted by molar-refractivity contribution is 5.99.